The molecule has 7 heterocycles. The molecule has 10 aromatic rings. The summed E-state index contributed by atoms with van der Waals surface area (Å²) in [6.07, 6.45) is 18.4. The van der Waals surface area contributed by atoms with Gasteiger partial charge in [-0.1, -0.05) is 81.4 Å². The molecule has 0 saturated carbocycles. The third-order valence-corrected chi connectivity index (χ3v) is 23.2. The number of methoxy groups -OCH3 is 2. The van der Waals surface area contributed by atoms with E-state index in [-0.39, 0.29) is 42.0 Å². The number of rotatable bonds is 26. The number of nitrogens with zero attached hydrogens (tertiary/aromatic N) is 11. The van der Waals surface area contributed by atoms with Gasteiger partial charge in [0, 0.05) is 106 Å². The molecule has 0 bridgehead atoms. The molecule has 123 heavy (non-hydrogen) atoms. The first-order valence-corrected chi connectivity index (χ1v) is 42.6. The summed E-state index contributed by atoms with van der Waals surface area (Å²) in [4.78, 5) is 107. The van der Waals surface area contributed by atoms with Gasteiger partial charge in [-0.25, -0.2) is 4.79 Å². The molecule has 26 nitrogen and oxygen atoms in total. The topological polar surface area (TPSA) is 301 Å². The molecule has 0 aliphatic carbocycles. The smallest absolute Gasteiger partial charge is 0.335 e. The lowest BCUT2D eigenvalue weighted by Gasteiger charge is -2.36. The standard InChI is InChI=1S/C34H46N6O2.C25H28N4O3.C24H26N4O3.C14H18O4/c1-25-22-27(33(42)40-24-28-23-35-37(5)32(28)36-29-11-7-8-12-30(29)40)15-14-26(25)10-6-9-13-31(41)39-20-18-38(19-21-39)17-16-34(2,3)4;1-17-14-19(13-12-18(17)8-4-7-11-23(30)32-3)25(31)29-16-20-15-26-28(2)24(20)27-21-9-5-6-10-22(21)29;1-16-13-18(12-11-17(16)7-3-6-10-22(29)30)24(31)28-15-19-14-25-27(2)23(19)26-20-8-4-5-9-21(20)28;1-10-9-12(14(16)17)8-7-11(10)5-3-4-6-13(15)18-2/h7-8,11-12,14-15,22-23,36H,6,9-10,13,16-21,24H2,1-5H3;5-6,9-10,12-15,27H,4,7-8,11,16H2,1-3H3;4-5,8-9,11-14,26H,3,6-7,10,15H2,1-2H3,(H,29,30);7-9H,3-6H2,1-2H3,(H,16,17). The van der Waals surface area contributed by atoms with Crippen LogP contribution < -0.4 is 30.7 Å². The Balaban J connectivity index is 0.000000166. The average molecular weight is 1670 g/mol. The van der Waals surface area contributed by atoms with Gasteiger partial charge in [-0.3, -0.25) is 52.5 Å². The summed E-state index contributed by atoms with van der Waals surface area (Å²) in [5.74, 6) is 0.800. The van der Waals surface area contributed by atoms with Gasteiger partial charge < -0.3 is 55.2 Å². The SMILES string of the molecule is COC(=O)CCCCc1ccc(C(=O)N2Cc3cnn(C)c3Nc3ccccc32)cc1C.COC(=O)CCCCc1ccc(C(=O)O)cc1C.Cc1cc(C(=O)N2Cc3cnn(C)c3Nc3ccccc32)ccc1CCCCC(=O)N1CCN(CCC(C)(C)C)CC1.Cc1cc(C(=O)N2Cc3cnn(C)c3Nc3ccccc32)ccc1CCCCC(=O)O. The van der Waals surface area contributed by atoms with Gasteiger partial charge in [0.2, 0.25) is 5.91 Å². The van der Waals surface area contributed by atoms with E-state index in [1.54, 1.807) is 43.7 Å². The molecule has 3 aromatic heterocycles. The highest BCUT2D eigenvalue weighted by atomic mass is 16.5. The average Bonchev–Trinajstić information content (AvgIpc) is 1.66. The Hall–Kier alpha value is -12.7. The molecule has 4 aliphatic heterocycles. The van der Waals surface area contributed by atoms with Crippen molar-refractivity contribution < 1.29 is 58.0 Å². The number of carboxylic acid groups (broad SMARTS) is 2. The van der Waals surface area contributed by atoms with Gasteiger partial charge in [0.15, 0.2) is 0 Å². The van der Waals surface area contributed by atoms with Crippen molar-refractivity contribution in [2.75, 3.05) is 77.6 Å². The fourth-order valence-electron chi connectivity index (χ4n) is 15.8. The minimum Gasteiger partial charge on any atom is -0.481 e. The molecule has 4 aliphatic rings. The lowest BCUT2D eigenvalue weighted by Crippen LogP contribution is -2.49. The fourth-order valence-corrected chi connectivity index (χ4v) is 15.8. The van der Waals surface area contributed by atoms with Crippen LogP contribution in [0.15, 0.2) is 164 Å². The molecule has 1 fully saturated rings. The van der Waals surface area contributed by atoms with Crippen LogP contribution in [0.3, 0.4) is 0 Å². The summed E-state index contributed by atoms with van der Waals surface area (Å²) in [5.41, 5.74) is 19.6. The molecule has 648 valence electrons. The Labute approximate surface area is 721 Å². The van der Waals surface area contributed by atoms with E-state index in [1.165, 1.54) is 31.8 Å². The van der Waals surface area contributed by atoms with Crippen LogP contribution in [-0.2, 0) is 95.1 Å². The first-order valence-electron chi connectivity index (χ1n) is 42.6. The molecule has 26 heteroatoms. The highest BCUT2D eigenvalue weighted by molar-refractivity contribution is 6.10. The van der Waals surface area contributed by atoms with Gasteiger partial charge in [0.25, 0.3) is 17.7 Å². The van der Waals surface area contributed by atoms with E-state index < -0.39 is 11.9 Å². The van der Waals surface area contributed by atoms with E-state index in [2.05, 4.69) is 74.6 Å². The normalized spacial score (nSPS) is 13.2. The second kappa shape index (κ2) is 42.7. The number of aromatic nitrogens is 6. The van der Waals surface area contributed by atoms with Gasteiger partial charge in [0.05, 0.1) is 92.1 Å². The summed E-state index contributed by atoms with van der Waals surface area (Å²) < 4.78 is 14.6. The summed E-state index contributed by atoms with van der Waals surface area (Å²) in [7, 11) is 8.47. The Morgan fingerprint density at radius 1 is 0.407 bits per heavy atom. The second-order valence-electron chi connectivity index (χ2n) is 33.3. The number of anilines is 9. The number of piperazine rings is 1. The maximum atomic E-state index is 13.8. The first-order chi connectivity index (χ1) is 59.0. The number of amides is 4. The van der Waals surface area contributed by atoms with Crippen molar-refractivity contribution in [1.29, 1.82) is 0 Å². The number of para-hydroxylation sites is 6. The number of hydrogen-bond donors (Lipinski definition) is 5. The molecule has 5 N–H and O–H groups in total. The number of esters is 2. The lowest BCUT2D eigenvalue weighted by molar-refractivity contribution is -0.141. The first kappa shape index (κ1) is 91.0. The van der Waals surface area contributed by atoms with Crippen LogP contribution in [0.5, 0.6) is 0 Å². The predicted molar refractivity (Wildman–Crippen MR) is 481 cm³/mol. The highest BCUT2D eigenvalue weighted by Gasteiger charge is 2.32. The Morgan fingerprint density at radius 3 is 1.04 bits per heavy atom. The Morgan fingerprint density at radius 2 is 0.724 bits per heavy atom. The third-order valence-electron chi connectivity index (χ3n) is 23.2. The van der Waals surface area contributed by atoms with Crippen LogP contribution in [0.2, 0.25) is 0 Å². The number of carbonyl (C=O) groups excluding carboxylic acids is 6. The van der Waals surface area contributed by atoms with E-state index in [1.807, 2.05) is 190 Å². The number of nitrogens with one attached hydrogen (secondary N) is 3. The summed E-state index contributed by atoms with van der Waals surface area (Å²) in [6.45, 7) is 21.0. The summed E-state index contributed by atoms with van der Waals surface area (Å²) in [6, 6.07) is 46.4. The fraction of sp³-hybridized carbons (Fsp3) is 0.392. The minimum atomic E-state index is -0.907. The van der Waals surface area contributed by atoms with Gasteiger partial charge in [-0.05, 0) is 253 Å². The van der Waals surface area contributed by atoms with Gasteiger partial charge >= 0.3 is 23.9 Å². The van der Waals surface area contributed by atoms with E-state index in [9.17, 15) is 38.4 Å². The number of fused-ring (bicyclic) bond motifs is 6. The van der Waals surface area contributed by atoms with Crippen LogP contribution in [0.25, 0.3) is 0 Å². The van der Waals surface area contributed by atoms with Crippen molar-refractivity contribution in [2.45, 2.75) is 177 Å². The van der Waals surface area contributed by atoms with Crippen LogP contribution in [0.1, 0.15) is 207 Å². The number of aliphatic carboxylic acids is 1. The molecule has 0 unspecified atom stereocenters. The van der Waals surface area contributed by atoms with Crippen molar-refractivity contribution in [2.24, 2.45) is 26.6 Å². The highest BCUT2D eigenvalue weighted by Crippen LogP contribution is 2.40. The van der Waals surface area contributed by atoms with Gasteiger partial charge in [-0.15, -0.1) is 0 Å². The number of carboxylic acids is 2. The summed E-state index contributed by atoms with van der Waals surface area (Å²) in [5, 5.41) is 41.0. The van der Waals surface area contributed by atoms with Crippen LogP contribution >= 0.6 is 0 Å². The van der Waals surface area contributed by atoms with Crippen molar-refractivity contribution in [3.05, 3.63) is 248 Å². The maximum absolute atomic E-state index is 13.8. The van der Waals surface area contributed by atoms with Crippen LogP contribution in [0.4, 0.5) is 51.6 Å². The number of carbonyl (C=O) groups is 8. The zero-order valence-corrected chi connectivity index (χ0v) is 73.2. The Kier molecular flexibility index (Phi) is 31.6. The van der Waals surface area contributed by atoms with Gasteiger partial charge in [0.1, 0.15) is 17.5 Å². The van der Waals surface area contributed by atoms with Crippen LogP contribution in [0, 0.1) is 33.1 Å². The van der Waals surface area contributed by atoms with Gasteiger partial charge in [-0.2, -0.15) is 15.3 Å². The monoisotopic (exact) mass is 1670 g/mol. The minimum absolute atomic E-state index is 0.0281. The number of benzene rings is 7. The zero-order valence-electron chi connectivity index (χ0n) is 73.2. The van der Waals surface area contributed by atoms with E-state index >= 15 is 0 Å². The van der Waals surface area contributed by atoms with Crippen molar-refractivity contribution in [1.82, 2.24) is 39.1 Å². The largest absolute Gasteiger partial charge is 0.481 e. The van der Waals surface area contributed by atoms with Crippen LogP contribution in [-0.4, -0.2) is 144 Å². The lowest BCUT2D eigenvalue weighted by atomic mass is 9.92. The number of aryl methyl sites for hydroxylation is 11. The summed E-state index contributed by atoms with van der Waals surface area (Å²) >= 11 is 0. The molecular formula is C97H118N14O12. The molecule has 4 amide bonds. The van der Waals surface area contributed by atoms with E-state index in [0.29, 0.717) is 73.0 Å². The molecular weight excluding hydrogens is 1550 g/mol. The molecule has 14 rings (SSSR count). The van der Waals surface area contributed by atoms with Crippen molar-refractivity contribution >= 4 is 99.1 Å². The predicted octanol–water partition coefficient (Wildman–Crippen LogP) is 17.5. The van der Waals surface area contributed by atoms with Crippen molar-refractivity contribution in [3.63, 3.8) is 0 Å². The quantitative estimate of drug-likeness (QED) is 0.0248. The molecule has 0 atom stereocenters. The number of unbranched alkanes of at least 4 members (excludes halogenated alkanes) is 4. The van der Waals surface area contributed by atoms with E-state index in [0.717, 1.165) is 205 Å². The Bertz CT molecular complexity index is 5420. The molecule has 0 radical (unpaired) electrons. The zero-order chi connectivity index (χ0) is 88.0. The molecule has 0 spiro atoms. The molecule has 1 saturated heterocycles. The number of aromatic carboxylic acids is 1. The number of ether oxygens (including phenoxy) is 2. The number of hydrogen-bond acceptors (Lipinski definition) is 17. The second-order valence-corrected chi connectivity index (χ2v) is 33.3. The van der Waals surface area contributed by atoms with Crippen molar-refractivity contribution in [3.8, 4) is 0 Å². The maximum Gasteiger partial charge on any atom is 0.335 e. The third kappa shape index (κ3) is 24.4. The van der Waals surface area contributed by atoms with E-state index in [4.69, 9.17) is 14.9 Å². The molecule has 7 aromatic carbocycles.